The Hall–Kier alpha value is -1.18. The summed E-state index contributed by atoms with van der Waals surface area (Å²) < 4.78 is 25.6. The van der Waals surface area contributed by atoms with Crippen molar-refractivity contribution < 1.29 is 8.78 Å². The van der Waals surface area contributed by atoms with E-state index >= 15 is 0 Å². The molecule has 0 N–H and O–H groups in total. The maximum Gasteiger partial charge on any atom is 0.133 e. The Morgan fingerprint density at radius 1 is 1.27 bits per heavy atom. The van der Waals surface area contributed by atoms with Gasteiger partial charge in [-0.05, 0) is 24.6 Å². The van der Waals surface area contributed by atoms with Crippen LogP contribution in [0.3, 0.4) is 0 Å². The van der Waals surface area contributed by atoms with Crippen LogP contribution in [0.2, 0.25) is 0 Å². The quantitative estimate of drug-likeness (QED) is 0.583. The Bertz CT molecular complexity index is 269. The molecular weight excluding hydrogens is 146 g/mol. The summed E-state index contributed by atoms with van der Waals surface area (Å²) in [7, 11) is 0. The second-order valence-electron chi connectivity index (χ2n) is 2.38. The summed E-state index contributed by atoms with van der Waals surface area (Å²) in [4.78, 5) is 0. The second-order valence-corrected chi connectivity index (χ2v) is 2.38. The number of hydrogen-bond donors (Lipinski definition) is 0. The molecule has 0 fully saturated rings. The molecule has 1 rings (SSSR count). The number of halogens is 2. The topological polar surface area (TPSA) is 0 Å². The molecule has 0 aliphatic rings. The Morgan fingerprint density at radius 2 is 1.73 bits per heavy atom. The third-order valence-electron chi connectivity index (χ3n) is 1.39. The van der Waals surface area contributed by atoms with Crippen molar-refractivity contribution in [3.63, 3.8) is 0 Å². The Balaban J connectivity index is 3.32. The molecule has 58 valence electrons. The lowest BCUT2D eigenvalue weighted by Gasteiger charge is -2.01. The predicted molar refractivity (Wildman–Crippen MR) is 41.1 cm³/mol. The smallest absolute Gasteiger partial charge is 0.133 e. The molecule has 11 heavy (non-hydrogen) atoms. The minimum absolute atomic E-state index is 0.0208. The molecule has 2 heteroatoms. The molecule has 0 saturated heterocycles. The van der Waals surface area contributed by atoms with E-state index in [-0.39, 0.29) is 5.56 Å². The fourth-order valence-electron chi connectivity index (χ4n) is 0.906. The summed E-state index contributed by atoms with van der Waals surface area (Å²) in [5, 5.41) is 0. The van der Waals surface area contributed by atoms with E-state index in [9.17, 15) is 8.78 Å². The normalized spacial score (nSPS) is 9.73. The molecule has 0 saturated carbocycles. The van der Waals surface area contributed by atoms with Crippen molar-refractivity contribution in [2.75, 3.05) is 0 Å². The zero-order valence-corrected chi connectivity index (χ0v) is 6.20. The second kappa shape index (κ2) is 2.82. The van der Waals surface area contributed by atoms with E-state index in [1.54, 1.807) is 6.92 Å². The molecule has 0 spiro atoms. The molecule has 1 aromatic rings. The SMILES string of the molecule is C=C(C)c1c(F)cccc1F. The average Bonchev–Trinajstić information content (AvgIpc) is 1.85. The van der Waals surface area contributed by atoms with Crippen molar-refractivity contribution in [1.29, 1.82) is 0 Å². The van der Waals surface area contributed by atoms with Gasteiger partial charge in [0.2, 0.25) is 0 Å². The fraction of sp³-hybridized carbons (Fsp3) is 0.111. The van der Waals surface area contributed by atoms with Crippen molar-refractivity contribution in [1.82, 2.24) is 0 Å². The lowest BCUT2D eigenvalue weighted by Crippen LogP contribution is -1.90. The molecule has 0 unspecified atom stereocenters. The van der Waals surface area contributed by atoms with E-state index in [4.69, 9.17) is 0 Å². The fourth-order valence-corrected chi connectivity index (χ4v) is 0.906. The molecule has 0 bridgehead atoms. The van der Waals surface area contributed by atoms with Gasteiger partial charge < -0.3 is 0 Å². The number of hydrogen-bond acceptors (Lipinski definition) is 0. The van der Waals surface area contributed by atoms with Gasteiger partial charge in [0.15, 0.2) is 0 Å². The van der Waals surface area contributed by atoms with Crippen LogP contribution in [-0.4, -0.2) is 0 Å². The first-order valence-corrected chi connectivity index (χ1v) is 3.23. The number of rotatable bonds is 1. The minimum Gasteiger partial charge on any atom is -0.206 e. The van der Waals surface area contributed by atoms with Crippen LogP contribution in [0.4, 0.5) is 8.78 Å². The van der Waals surface area contributed by atoms with Gasteiger partial charge in [-0.3, -0.25) is 0 Å². The van der Waals surface area contributed by atoms with Crippen LogP contribution in [0, 0.1) is 11.6 Å². The Labute approximate surface area is 64.2 Å². The van der Waals surface area contributed by atoms with Gasteiger partial charge in [0.05, 0.1) is 0 Å². The van der Waals surface area contributed by atoms with Crippen molar-refractivity contribution in [3.8, 4) is 0 Å². The standard InChI is InChI=1S/C9H8F2/c1-6(2)9-7(10)4-3-5-8(9)11/h3-5H,1H2,2H3. The maximum absolute atomic E-state index is 12.8. The highest BCUT2D eigenvalue weighted by Crippen LogP contribution is 2.18. The lowest BCUT2D eigenvalue weighted by atomic mass is 10.1. The highest BCUT2D eigenvalue weighted by Gasteiger charge is 2.07. The summed E-state index contributed by atoms with van der Waals surface area (Å²) in [5.74, 6) is -1.12. The van der Waals surface area contributed by atoms with Crippen LogP contribution in [0.1, 0.15) is 12.5 Å². The third-order valence-corrected chi connectivity index (χ3v) is 1.39. The largest absolute Gasteiger partial charge is 0.206 e. The molecule has 0 amide bonds. The van der Waals surface area contributed by atoms with Crippen LogP contribution in [-0.2, 0) is 0 Å². The lowest BCUT2D eigenvalue weighted by molar-refractivity contribution is 0.577. The van der Waals surface area contributed by atoms with Crippen molar-refractivity contribution >= 4 is 5.57 Å². The molecule has 0 aliphatic heterocycles. The van der Waals surface area contributed by atoms with E-state index in [1.165, 1.54) is 18.2 Å². The van der Waals surface area contributed by atoms with E-state index in [2.05, 4.69) is 6.58 Å². The summed E-state index contributed by atoms with van der Waals surface area (Å²) in [6.07, 6.45) is 0. The van der Waals surface area contributed by atoms with Gasteiger partial charge in [0, 0.05) is 5.56 Å². The first-order valence-electron chi connectivity index (χ1n) is 3.23. The Kier molecular flexibility index (Phi) is 2.03. The number of benzene rings is 1. The van der Waals surface area contributed by atoms with Gasteiger partial charge >= 0.3 is 0 Å². The highest BCUT2D eigenvalue weighted by atomic mass is 19.1. The van der Waals surface area contributed by atoms with Gasteiger partial charge in [-0.2, -0.15) is 0 Å². The first-order chi connectivity index (χ1) is 5.13. The molecule has 0 heterocycles. The van der Waals surface area contributed by atoms with Gasteiger partial charge in [-0.1, -0.05) is 12.6 Å². The van der Waals surface area contributed by atoms with Crippen LogP contribution in [0.15, 0.2) is 24.8 Å². The van der Waals surface area contributed by atoms with E-state index in [0.29, 0.717) is 5.57 Å². The zero-order valence-electron chi connectivity index (χ0n) is 6.20. The van der Waals surface area contributed by atoms with Gasteiger partial charge in [-0.15, -0.1) is 0 Å². The molecular formula is C9H8F2. The Morgan fingerprint density at radius 3 is 2.00 bits per heavy atom. The van der Waals surface area contributed by atoms with Gasteiger partial charge in [-0.25, -0.2) is 8.78 Å². The summed E-state index contributed by atoms with van der Waals surface area (Å²) in [6, 6.07) is 3.76. The summed E-state index contributed by atoms with van der Waals surface area (Å²) in [6.45, 7) is 5.04. The van der Waals surface area contributed by atoms with E-state index in [0.717, 1.165) is 0 Å². The van der Waals surface area contributed by atoms with E-state index in [1.807, 2.05) is 0 Å². The molecule has 1 aromatic carbocycles. The van der Waals surface area contributed by atoms with Crippen LogP contribution in [0.25, 0.3) is 5.57 Å². The van der Waals surface area contributed by atoms with Crippen molar-refractivity contribution in [2.24, 2.45) is 0 Å². The molecule has 0 aliphatic carbocycles. The average molecular weight is 154 g/mol. The van der Waals surface area contributed by atoms with Crippen molar-refractivity contribution in [2.45, 2.75) is 6.92 Å². The highest BCUT2D eigenvalue weighted by molar-refractivity contribution is 5.62. The number of allylic oxidation sites excluding steroid dienone is 1. The van der Waals surface area contributed by atoms with Crippen molar-refractivity contribution in [3.05, 3.63) is 42.0 Å². The molecule has 0 nitrogen and oxygen atoms in total. The van der Waals surface area contributed by atoms with Gasteiger partial charge in [0.25, 0.3) is 0 Å². The molecule has 0 radical (unpaired) electrons. The maximum atomic E-state index is 12.8. The predicted octanol–water partition coefficient (Wildman–Crippen LogP) is 3.00. The third kappa shape index (κ3) is 1.45. The zero-order chi connectivity index (χ0) is 8.43. The molecule has 0 atom stereocenters. The van der Waals surface area contributed by atoms with E-state index < -0.39 is 11.6 Å². The molecule has 0 aromatic heterocycles. The van der Waals surface area contributed by atoms with Crippen LogP contribution in [0.5, 0.6) is 0 Å². The van der Waals surface area contributed by atoms with Crippen LogP contribution < -0.4 is 0 Å². The van der Waals surface area contributed by atoms with Gasteiger partial charge in [0.1, 0.15) is 11.6 Å². The summed E-state index contributed by atoms with van der Waals surface area (Å²) in [5.41, 5.74) is 0.383. The minimum atomic E-state index is -0.558. The summed E-state index contributed by atoms with van der Waals surface area (Å²) >= 11 is 0. The van der Waals surface area contributed by atoms with Crippen LogP contribution >= 0.6 is 0 Å². The first kappa shape index (κ1) is 7.92. The monoisotopic (exact) mass is 154 g/mol.